The number of aromatic nitrogens is 1. The van der Waals surface area contributed by atoms with Crippen molar-refractivity contribution in [2.24, 2.45) is 0 Å². The van der Waals surface area contributed by atoms with Gasteiger partial charge in [-0.3, -0.25) is 4.98 Å². The predicted molar refractivity (Wildman–Crippen MR) is 73.8 cm³/mol. The third kappa shape index (κ3) is 2.24. The summed E-state index contributed by atoms with van der Waals surface area (Å²) in [5.74, 6) is -0.943. The van der Waals surface area contributed by atoms with Crippen LogP contribution >= 0.6 is 0 Å². The van der Waals surface area contributed by atoms with E-state index in [9.17, 15) is 4.79 Å². The van der Waals surface area contributed by atoms with Crippen molar-refractivity contribution in [1.82, 2.24) is 10.3 Å². The molecule has 3 rings (SSSR count). The first kappa shape index (κ1) is 11.9. The van der Waals surface area contributed by atoms with Gasteiger partial charge in [0.1, 0.15) is 0 Å². The summed E-state index contributed by atoms with van der Waals surface area (Å²) in [5.41, 5.74) is 2.18. The zero-order valence-corrected chi connectivity index (χ0v) is 10.5. The topological polar surface area (TPSA) is 65.5 Å². The fourth-order valence-corrected chi connectivity index (χ4v) is 2.42. The summed E-state index contributed by atoms with van der Waals surface area (Å²) < 4.78 is 0. The maximum absolute atomic E-state index is 11.0. The van der Waals surface area contributed by atoms with Gasteiger partial charge in [0.05, 0.1) is 16.8 Å². The molecule has 0 saturated carbocycles. The molecule has 0 radical (unpaired) electrons. The highest BCUT2D eigenvalue weighted by atomic mass is 16.4. The summed E-state index contributed by atoms with van der Waals surface area (Å²) in [6.45, 7) is 3.82. The highest BCUT2D eigenvalue weighted by Crippen LogP contribution is 2.25. The normalized spacial score (nSPS) is 15.7. The molecular formula is C14H15N3O2. The molecule has 1 aromatic heterocycles. The molecular weight excluding hydrogens is 242 g/mol. The van der Waals surface area contributed by atoms with Gasteiger partial charge in [0, 0.05) is 37.8 Å². The summed E-state index contributed by atoms with van der Waals surface area (Å²) in [6.07, 6.45) is 1.43. The zero-order valence-electron chi connectivity index (χ0n) is 10.5. The average molecular weight is 257 g/mol. The highest BCUT2D eigenvalue weighted by molar-refractivity contribution is 5.96. The summed E-state index contributed by atoms with van der Waals surface area (Å²) >= 11 is 0. The third-order valence-corrected chi connectivity index (χ3v) is 3.39. The molecule has 1 fully saturated rings. The summed E-state index contributed by atoms with van der Waals surface area (Å²) in [4.78, 5) is 17.6. The van der Waals surface area contributed by atoms with Gasteiger partial charge in [0.2, 0.25) is 0 Å². The molecule has 1 aliphatic heterocycles. The van der Waals surface area contributed by atoms with Crippen molar-refractivity contribution in [2.45, 2.75) is 0 Å². The van der Waals surface area contributed by atoms with Gasteiger partial charge in [0.25, 0.3) is 0 Å². The third-order valence-electron chi connectivity index (χ3n) is 3.39. The van der Waals surface area contributed by atoms with Crippen LogP contribution in [0.25, 0.3) is 10.9 Å². The summed E-state index contributed by atoms with van der Waals surface area (Å²) in [6, 6.07) is 7.57. The number of nitrogens with zero attached hydrogens (tertiary/aromatic N) is 2. The van der Waals surface area contributed by atoms with Gasteiger partial charge in [-0.05, 0) is 12.1 Å². The molecule has 0 spiro atoms. The lowest BCUT2D eigenvalue weighted by atomic mass is 10.1. The van der Waals surface area contributed by atoms with Crippen LogP contribution in [0.5, 0.6) is 0 Å². The predicted octanol–water partition coefficient (Wildman–Crippen LogP) is 1.34. The lowest BCUT2D eigenvalue weighted by Crippen LogP contribution is -2.43. The number of piperazine rings is 1. The highest BCUT2D eigenvalue weighted by Gasteiger charge is 2.14. The van der Waals surface area contributed by atoms with E-state index >= 15 is 0 Å². The molecule has 0 atom stereocenters. The number of para-hydroxylation sites is 1. The number of hydrogen-bond acceptors (Lipinski definition) is 4. The fourth-order valence-electron chi connectivity index (χ4n) is 2.42. The number of benzene rings is 1. The second kappa shape index (κ2) is 4.85. The molecule has 0 unspecified atom stereocenters. The number of pyridine rings is 1. The van der Waals surface area contributed by atoms with Gasteiger partial charge in [-0.15, -0.1) is 0 Å². The van der Waals surface area contributed by atoms with Gasteiger partial charge in [-0.25, -0.2) is 4.79 Å². The van der Waals surface area contributed by atoms with Crippen molar-refractivity contribution >= 4 is 22.6 Å². The molecule has 2 N–H and O–H groups in total. The Bertz CT molecular complexity index is 621. The van der Waals surface area contributed by atoms with Crippen LogP contribution in [0.15, 0.2) is 30.5 Å². The van der Waals surface area contributed by atoms with Crippen molar-refractivity contribution in [2.75, 3.05) is 31.1 Å². The number of aromatic carboxylic acids is 1. The van der Waals surface area contributed by atoms with E-state index < -0.39 is 5.97 Å². The molecule has 19 heavy (non-hydrogen) atoms. The Morgan fingerprint density at radius 3 is 2.84 bits per heavy atom. The van der Waals surface area contributed by atoms with Gasteiger partial charge < -0.3 is 15.3 Å². The van der Waals surface area contributed by atoms with Crippen molar-refractivity contribution in [3.63, 3.8) is 0 Å². The first-order chi connectivity index (χ1) is 9.25. The SMILES string of the molecule is O=C(O)c1cnc2c(N3CCNCC3)cccc2c1. The van der Waals surface area contributed by atoms with E-state index in [0.29, 0.717) is 0 Å². The fraction of sp³-hybridized carbons (Fsp3) is 0.286. The zero-order chi connectivity index (χ0) is 13.2. The van der Waals surface area contributed by atoms with E-state index in [1.807, 2.05) is 18.2 Å². The Balaban J connectivity index is 2.07. The molecule has 0 amide bonds. The van der Waals surface area contributed by atoms with E-state index in [2.05, 4.69) is 15.2 Å². The van der Waals surface area contributed by atoms with Gasteiger partial charge in [-0.1, -0.05) is 12.1 Å². The number of rotatable bonds is 2. The molecule has 5 nitrogen and oxygen atoms in total. The van der Waals surface area contributed by atoms with Gasteiger partial charge in [0.15, 0.2) is 0 Å². The lowest BCUT2D eigenvalue weighted by molar-refractivity contribution is 0.0696. The van der Waals surface area contributed by atoms with Crippen LogP contribution in [-0.2, 0) is 0 Å². The van der Waals surface area contributed by atoms with Crippen LogP contribution in [0.3, 0.4) is 0 Å². The van der Waals surface area contributed by atoms with Crippen LogP contribution in [-0.4, -0.2) is 42.2 Å². The van der Waals surface area contributed by atoms with E-state index in [1.165, 1.54) is 6.20 Å². The number of nitrogens with one attached hydrogen (secondary N) is 1. The first-order valence-electron chi connectivity index (χ1n) is 6.33. The quantitative estimate of drug-likeness (QED) is 0.850. The Labute approximate surface area is 110 Å². The minimum absolute atomic E-state index is 0.227. The van der Waals surface area contributed by atoms with Crippen molar-refractivity contribution in [1.29, 1.82) is 0 Å². The Morgan fingerprint density at radius 1 is 1.32 bits per heavy atom. The van der Waals surface area contributed by atoms with Crippen LogP contribution in [0.1, 0.15) is 10.4 Å². The Morgan fingerprint density at radius 2 is 2.11 bits per heavy atom. The van der Waals surface area contributed by atoms with Crippen LogP contribution in [0, 0.1) is 0 Å². The minimum atomic E-state index is -0.943. The Hall–Kier alpha value is -2.14. The molecule has 5 heteroatoms. The molecule has 2 heterocycles. The number of anilines is 1. The summed E-state index contributed by atoms with van der Waals surface area (Å²) in [5, 5.41) is 13.2. The van der Waals surface area contributed by atoms with Crippen LogP contribution in [0.2, 0.25) is 0 Å². The van der Waals surface area contributed by atoms with E-state index in [4.69, 9.17) is 5.11 Å². The minimum Gasteiger partial charge on any atom is -0.478 e. The molecule has 98 valence electrons. The number of fused-ring (bicyclic) bond motifs is 1. The Kier molecular flexibility index (Phi) is 3.05. The monoisotopic (exact) mass is 257 g/mol. The second-order valence-corrected chi connectivity index (χ2v) is 4.62. The molecule has 0 bridgehead atoms. The van der Waals surface area contributed by atoms with Gasteiger partial charge in [-0.2, -0.15) is 0 Å². The van der Waals surface area contributed by atoms with E-state index in [0.717, 1.165) is 42.8 Å². The van der Waals surface area contributed by atoms with Crippen molar-refractivity contribution in [3.05, 3.63) is 36.0 Å². The average Bonchev–Trinajstić information content (AvgIpc) is 2.47. The molecule has 0 aliphatic carbocycles. The maximum Gasteiger partial charge on any atom is 0.337 e. The van der Waals surface area contributed by atoms with E-state index in [-0.39, 0.29) is 5.56 Å². The van der Waals surface area contributed by atoms with Crippen LogP contribution in [0.4, 0.5) is 5.69 Å². The first-order valence-corrected chi connectivity index (χ1v) is 6.33. The van der Waals surface area contributed by atoms with Crippen molar-refractivity contribution < 1.29 is 9.90 Å². The largest absolute Gasteiger partial charge is 0.478 e. The molecule has 1 aromatic carbocycles. The smallest absolute Gasteiger partial charge is 0.337 e. The standard InChI is InChI=1S/C14H15N3O2/c18-14(19)11-8-10-2-1-3-12(13(10)16-9-11)17-6-4-15-5-7-17/h1-3,8-9,15H,4-7H2,(H,18,19). The number of carboxylic acids is 1. The summed E-state index contributed by atoms with van der Waals surface area (Å²) in [7, 11) is 0. The number of carbonyl (C=O) groups is 1. The lowest BCUT2D eigenvalue weighted by Gasteiger charge is -2.30. The van der Waals surface area contributed by atoms with Gasteiger partial charge >= 0.3 is 5.97 Å². The second-order valence-electron chi connectivity index (χ2n) is 4.62. The molecule has 1 saturated heterocycles. The molecule has 1 aliphatic rings. The number of hydrogen-bond donors (Lipinski definition) is 2. The molecule has 2 aromatic rings. The number of carboxylic acid groups (broad SMARTS) is 1. The van der Waals surface area contributed by atoms with Crippen molar-refractivity contribution in [3.8, 4) is 0 Å². The van der Waals surface area contributed by atoms with E-state index in [1.54, 1.807) is 6.07 Å². The maximum atomic E-state index is 11.0. The van der Waals surface area contributed by atoms with Crippen LogP contribution < -0.4 is 10.2 Å².